The van der Waals surface area contributed by atoms with E-state index in [0.29, 0.717) is 0 Å². The Morgan fingerprint density at radius 3 is 0.696 bits per heavy atom. The molecule has 0 aromatic carbocycles. The van der Waals surface area contributed by atoms with Gasteiger partial charge in [-0.15, -0.1) is 0 Å². The summed E-state index contributed by atoms with van der Waals surface area (Å²) in [5, 5.41) is 0. The molecule has 140 valence electrons. The predicted octanol–water partition coefficient (Wildman–Crippen LogP) is 1.19. The highest BCUT2D eigenvalue weighted by Crippen LogP contribution is 2.25. The van der Waals surface area contributed by atoms with Gasteiger partial charge in [-0.3, -0.25) is 0 Å². The van der Waals surface area contributed by atoms with Gasteiger partial charge in [0.2, 0.25) is 0 Å². The zero-order valence-electron chi connectivity index (χ0n) is 15.7. The fraction of sp³-hybridized carbons (Fsp3) is 1.00. The minimum absolute atomic E-state index is 1.50. The molecule has 0 heterocycles. The van der Waals surface area contributed by atoms with E-state index in [4.69, 9.17) is 38.9 Å². The van der Waals surface area contributed by atoms with Crippen molar-refractivity contribution >= 4 is 35.2 Å². The second-order valence-electron chi connectivity index (χ2n) is 4.98. The van der Waals surface area contributed by atoms with Crippen LogP contribution in [0.15, 0.2) is 0 Å². The highest BCUT2D eigenvalue weighted by Gasteiger charge is 2.55. The number of hydrogen-bond donors (Lipinski definition) is 0. The van der Waals surface area contributed by atoms with Crippen molar-refractivity contribution in [2.75, 3.05) is 42.7 Å². The summed E-state index contributed by atoms with van der Waals surface area (Å²) >= 11 is 0. The van der Waals surface area contributed by atoms with Gasteiger partial charge in [-0.25, -0.2) is 0 Å². The Bertz CT molecular complexity index is 323. The van der Waals surface area contributed by atoms with Gasteiger partial charge in [0, 0.05) is 68.8 Å². The molecule has 13 heteroatoms. The van der Waals surface area contributed by atoms with Crippen LogP contribution in [0.1, 0.15) is 0 Å². The van der Waals surface area contributed by atoms with Crippen LogP contribution >= 0.6 is 0 Å². The highest BCUT2D eigenvalue weighted by atomic mass is 28.5. The molecule has 0 aliphatic heterocycles. The van der Waals surface area contributed by atoms with Gasteiger partial charge in [-0.05, 0) is 0 Å². The number of hydrogen-bond acceptors (Lipinski definition) is 9. The van der Waals surface area contributed by atoms with E-state index >= 15 is 0 Å². The van der Waals surface area contributed by atoms with Gasteiger partial charge in [0.1, 0.15) is 0 Å². The number of rotatable bonds is 12. The van der Waals surface area contributed by atoms with Gasteiger partial charge in [0.25, 0.3) is 0 Å². The van der Waals surface area contributed by atoms with Crippen LogP contribution in [0.3, 0.4) is 0 Å². The van der Waals surface area contributed by atoms with E-state index in [2.05, 4.69) is 0 Å². The topological polar surface area (TPSA) is 83.1 Å². The Hall–Kier alpha value is 0.508. The quantitative estimate of drug-likeness (QED) is 0.444. The Labute approximate surface area is 143 Å². The van der Waals surface area contributed by atoms with Crippen molar-refractivity contribution in [2.45, 2.75) is 26.2 Å². The van der Waals surface area contributed by atoms with Crippen molar-refractivity contribution in [2.24, 2.45) is 0 Å². The minimum Gasteiger partial charge on any atom is -0.378 e. The van der Waals surface area contributed by atoms with E-state index in [-0.39, 0.29) is 0 Å². The first-order valence-corrected chi connectivity index (χ1v) is 15.8. The molecule has 2 unspecified atom stereocenters. The van der Waals surface area contributed by atoms with Crippen molar-refractivity contribution in [1.82, 2.24) is 0 Å². The van der Waals surface area contributed by atoms with E-state index in [0.717, 1.165) is 0 Å². The van der Waals surface area contributed by atoms with E-state index in [9.17, 15) is 0 Å². The highest BCUT2D eigenvalue weighted by molar-refractivity contribution is 6.82. The van der Waals surface area contributed by atoms with Crippen LogP contribution in [-0.4, -0.2) is 77.9 Å². The maximum Gasteiger partial charge on any atom is 0.489 e. The summed E-state index contributed by atoms with van der Waals surface area (Å²) in [6.07, 6.45) is 0. The smallest absolute Gasteiger partial charge is 0.378 e. The zero-order valence-corrected chi connectivity index (χ0v) is 19.7. The molecule has 0 fully saturated rings. The second-order valence-corrected chi connectivity index (χ2v) is 16.8. The molecule has 0 bridgehead atoms. The first-order chi connectivity index (χ1) is 10.5. The van der Waals surface area contributed by atoms with Crippen LogP contribution in [-0.2, 0) is 38.9 Å². The molecule has 0 rings (SSSR count). The van der Waals surface area contributed by atoms with Crippen molar-refractivity contribution in [3.05, 3.63) is 0 Å². The minimum atomic E-state index is -3.15. The summed E-state index contributed by atoms with van der Waals surface area (Å²) in [5.41, 5.74) is 0. The monoisotopic (exact) mass is 406 g/mol. The Morgan fingerprint density at radius 1 is 0.348 bits per heavy atom. The lowest BCUT2D eigenvalue weighted by molar-refractivity contribution is 0.0721. The molecule has 0 amide bonds. The molecular weight excluding hydrogens is 376 g/mol. The first-order valence-electron chi connectivity index (χ1n) is 6.90. The molecule has 0 aliphatic carbocycles. The summed E-state index contributed by atoms with van der Waals surface area (Å²) in [4.78, 5) is 0. The fourth-order valence-electron chi connectivity index (χ4n) is 1.55. The lowest BCUT2D eigenvalue weighted by Crippen LogP contribution is -2.63. The molecule has 0 saturated carbocycles. The lowest BCUT2D eigenvalue weighted by atomic mass is 11.8. The third-order valence-corrected chi connectivity index (χ3v) is 16.7. The molecule has 0 N–H and O–H groups in total. The van der Waals surface area contributed by atoms with Crippen LogP contribution in [0.25, 0.3) is 0 Å². The predicted molar refractivity (Wildman–Crippen MR) is 91.8 cm³/mol. The van der Waals surface area contributed by atoms with E-state index in [1.807, 2.05) is 0 Å². The van der Waals surface area contributed by atoms with Gasteiger partial charge in [0.15, 0.2) is 0 Å². The molecule has 23 heavy (non-hydrogen) atoms. The maximum absolute atomic E-state index is 6.06. The Balaban J connectivity index is 5.31. The summed E-state index contributed by atoms with van der Waals surface area (Å²) in [5.74, 6) is 0. The van der Waals surface area contributed by atoms with E-state index in [1.54, 1.807) is 26.2 Å². The Morgan fingerprint density at radius 2 is 0.522 bits per heavy atom. The molecule has 0 aromatic rings. The van der Waals surface area contributed by atoms with Crippen molar-refractivity contribution < 1.29 is 38.9 Å². The van der Waals surface area contributed by atoms with Gasteiger partial charge < -0.3 is 38.9 Å². The van der Waals surface area contributed by atoms with Crippen molar-refractivity contribution in [3.8, 4) is 0 Å². The van der Waals surface area contributed by atoms with Gasteiger partial charge in [-0.1, -0.05) is 0 Å². The molecule has 9 nitrogen and oxygen atoms in total. The third kappa shape index (κ3) is 7.10. The van der Waals surface area contributed by atoms with Crippen molar-refractivity contribution in [3.63, 3.8) is 0 Å². The SMILES string of the molecule is CO[Si](C)(OC)O[Si](C)(OC)O[Si](C)(OC)O[Si](C)(OC)OC. The Kier molecular flexibility index (Phi) is 9.48. The normalized spacial score (nSPS) is 18.5. The average molecular weight is 407 g/mol. The summed E-state index contributed by atoms with van der Waals surface area (Å²) in [6, 6.07) is 0. The zero-order chi connectivity index (χ0) is 18.4. The van der Waals surface area contributed by atoms with Gasteiger partial charge in [0.05, 0.1) is 0 Å². The summed E-state index contributed by atoms with van der Waals surface area (Å²) in [6.45, 7) is 6.94. The van der Waals surface area contributed by atoms with E-state index < -0.39 is 35.2 Å². The molecule has 0 radical (unpaired) electrons. The molecule has 0 aromatic heterocycles. The molecule has 2 atom stereocenters. The maximum atomic E-state index is 6.06. The molecular formula is C10H30O9Si4. The standard InChI is InChI=1S/C10H30O9Si4/c1-11-20(7,12-2)17-22(9,15-5)19-23(10,16-6)18-21(8,13-3)14-4/h1-10H3. The largest absolute Gasteiger partial charge is 0.489 e. The second kappa shape index (κ2) is 9.27. The van der Waals surface area contributed by atoms with Gasteiger partial charge >= 0.3 is 35.2 Å². The summed E-state index contributed by atoms with van der Waals surface area (Å²) < 4.78 is 50.3. The molecule has 0 saturated heterocycles. The fourth-order valence-corrected chi connectivity index (χ4v) is 13.7. The van der Waals surface area contributed by atoms with Crippen molar-refractivity contribution in [1.29, 1.82) is 0 Å². The molecule has 0 spiro atoms. The van der Waals surface area contributed by atoms with Crippen LogP contribution in [0.4, 0.5) is 0 Å². The lowest BCUT2D eigenvalue weighted by Gasteiger charge is -2.39. The van der Waals surface area contributed by atoms with Crippen LogP contribution in [0.2, 0.25) is 26.2 Å². The average Bonchev–Trinajstić information content (AvgIpc) is 2.54. The summed E-state index contributed by atoms with van der Waals surface area (Å²) in [7, 11) is -2.97. The van der Waals surface area contributed by atoms with E-state index in [1.165, 1.54) is 42.7 Å². The third-order valence-electron chi connectivity index (χ3n) is 3.34. The van der Waals surface area contributed by atoms with Crippen LogP contribution in [0, 0.1) is 0 Å². The first kappa shape index (κ1) is 23.5. The van der Waals surface area contributed by atoms with Crippen LogP contribution < -0.4 is 0 Å². The molecule has 0 aliphatic rings. The van der Waals surface area contributed by atoms with Gasteiger partial charge in [-0.2, -0.15) is 0 Å². The van der Waals surface area contributed by atoms with Crippen LogP contribution in [0.5, 0.6) is 0 Å².